The van der Waals surface area contributed by atoms with Crippen LogP contribution in [0.25, 0.3) is 0 Å². The first-order valence-electron chi connectivity index (χ1n) is 6.33. The highest BCUT2D eigenvalue weighted by molar-refractivity contribution is 6.33. The van der Waals surface area contributed by atoms with E-state index >= 15 is 0 Å². The van der Waals surface area contributed by atoms with Gasteiger partial charge in [-0.2, -0.15) is 0 Å². The van der Waals surface area contributed by atoms with Crippen molar-refractivity contribution in [1.82, 2.24) is 4.98 Å². The summed E-state index contributed by atoms with van der Waals surface area (Å²) in [7, 11) is 1.98. The van der Waals surface area contributed by atoms with E-state index in [-0.39, 0.29) is 5.84 Å². The molecule has 1 aromatic carbocycles. The quantitative estimate of drug-likeness (QED) is 0.657. The lowest BCUT2D eigenvalue weighted by atomic mass is 10.1. The van der Waals surface area contributed by atoms with Gasteiger partial charge in [-0.15, -0.1) is 0 Å². The number of pyridine rings is 1. The Morgan fingerprint density at radius 1 is 1.35 bits per heavy atom. The third kappa shape index (κ3) is 3.48. The van der Waals surface area contributed by atoms with Crippen LogP contribution < -0.4 is 10.6 Å². The number of aromatic nitrogens is 1. The summed E-state index contributed by atoms with van der Waals surface area (Å²) in [4.78, 5) is 6.37. The van der Waals surface area contributed by atoms with Gasteiger partial charge < -0.3 is 10.6 Å². The number of nitrogens with one attached hydrogen (secondary N) is 1. The van der Waals surface area contributed by atoms with Gasteiger partial charge in [-0.1, -0.05) is 17.7 Å². The van der Waals surface area contributed by atoms with Crippen molar-refractivity contribution < 1.29 is 0 Å². The zero-order chi connectivity index (χ0) is 14.5. The third-order valence-electron chi connectivity index (χ3n) is 3.10. The first-order valence-corrected chi connectivity index (χ1v) is 6.70. The van der Waals surface area contributed by atoms with Crippen molar-refractivity contribution in [2.75, 3.05) is 18.5 Å². The Kier molecular flexibility index (Phi) is 4.58. The number of halogens is 1. The summed E-state index contributed by atoms with van der Waals surface area (Å²) in [6.07, 6.45) is 2.64. The van der Waals surface area contributed by atoms with Crippen molar-refractivity contribution in [3.05, 3.63) is 58.9 Å². The minimum atomic E-state index is 0.0228. The lowest BCUT2D eigenvalue weighted by Crippen LogP contribution is -2.21. The summed E-state index contributed by atoms with van der Waals surface area (Å²) in [5.41, 5.74) is 8.06. The summed E-state index contributed by atoms with van der Waals surface area (Å²) in [5, 5.41) is 8.00. The molecule has 0 spiro atoms. The predicted molar refractivity (Wildman–Crippen MR) is 83.7 cm³/mol. The first kappa shape index (κ1) is 14.3. The molecule has 1 heterocycles. The lowest BCUT2D eigenvalue weighted by molar-refractivity contribution is 0.852. The zero-order valence-electron chi connectivity index (χ0n) is 11.3. The largest absolute Gasteiger partial charge is 0.384 e. The summed E-state index contributed by atoms with van der Waals surface area (Å²) in [6.45, 7) is 0.816. The van der Waals surface area contributed by atoms with Gasteiger partial charge in [0.2, 0.25) is 0 Å². The van der Waals surface area contributed by atoms with E-state index in [1.54, 1.807) is 18.3 Å². The number of benzene rings is 1. The third-order valence-corrected chi connectivity index (χ3v) is 3.40. The van der Waals surface area contributed by atoms with Gasteiger partial charge in [-0.05, 0) is 30.3 Å². The minimum Gasteiger partial charge on any atom is -0.384 e. The second kappa shape index (κ2) is 6.39. The molecule has 2 aromatic rings. The molecule has 0 radical (unpaired) electrons. The van der Waals surface area contributed by atoms with Gasteiger partial charge >= 0.3 is 0 Å². The van der Waals surface area contributed by atoms with Crippen LogP contribution in [-0.4, -0.2) is 24.4 Å². The summed E-state index contributed by atoms with van der Waals surface area (Å²) in [5.74, 6) is 0.0228. The van der Waals surface area contributed by atoms with Crippen molar-refractivity contribution in [2.45, 2.75) is 6.42 Å². The predicted octanol–water partition coefficient (Wildman–Crippen LogP) is 2.70. The van der Waals surface area contributed by atoms with Crippen LogP contribution in [0.5, 0.6) is 0 Å². The minimum absolute atomic E-state index is 0.0228. The molecule has 0 aliphatic rings. The van der Waals surface area contributed by atoms with Crippen molar-refractivity contribution in [2.24, 2.45) is 5.73 Å². The molecule has 0 saturated heterocycles. The smallest absolute Gasteiger partial charge is 0.122 e. The van der Waals surface area contributed by atoms with Gasteiger partial charge in [0.15, 0.2) is 0 Å². The number of anilines is 1. The van der Waals surface area contributed by atoms with Crippen molar-refractivity contribution in [3.63, 3.8) is 0 Å². The number of nitrogens with zero attached hydrogens (tertiary/aromatic N) is 2. The molecule has 20 heavy (non-hydrogen) atoms. The molecule has 3 N–H and O–H groups in total. The van der Waals surface area contributed by atoms with Gasteiger partial charge in [-0.25, -0.2) is 0 Å². The van der Waals surface area contributed by atoms with Gasteiger partial charge in [0.1, 0.15) is 5.84 Å². The molecule has 0 aliphatic heterocycles. The molecular weight excluding hydrogens is 272 g/mol. The SMILES string of the molecule is CN(CCc1ccccn1)c1ccc(C(=N)N)cc1Cl. The van der Waals surface area contributed by atoms with E-state index in [1.165, 1.54) is 0 Å². The second-order valence-corrected chi connectivity index (χ2v) is 4.98. The summed E-state index contributed by atoms with van der Waals surface area (Å²) in [6, 6.07) is 11.3. The highest BCUT2D eigenvalue weighted by Gasteiger charge is 2.08. The topological polar surface area (TPSA) is 66.0 Å². The summed E-state index contributed by atoms with van der Waals surface area (Å²) >= 11 is 6.24. The normalized spacial score (nSPS) is 10.3. The van der Waals surface area contributed by atoms with Gasteiger partial charge in [0, 0.05) is 37.5 Å². The van der Waals surface area contributed by atoms with E-state index in [1.807, 2.05) is 31.3 Å². The van der Waals surface area contributed by atoms with Crippen molar-refractivity contribution >= 4 is 23.1 Å². The van der Waals surface area contributed by atoms with Crippen LogP contribution in [0, 0.1) is 5.41 Å². The van der Waals surface area contributed by atoms with Crippen LogP contribution in [0.2, 0.25) is 5.02 Å². The number of hydrogen-bond donors (Lipinski definition) is 2. The van der Waals surface area contributed by atoms with Crippen LogP contribution in [0.4, 0.5) is 5.69 Å². The van der Waals surface area contributed by atoms with Crippen LogP contribution in [-0.2, 0) is 6.42 Å². The Balaban J connectivity index is 2.06. The summed E-state index contributed by atoms with van der Waals surface area (Å²) < 4.78 is 0. The number of likely N-dealkylation sites (N-methyl/N-ethyl adjacent to an activating group) is 1. The number of rotatable bonds is 5. The second-order valence-electron chi connectivity index (χ2n) is 4.57. The zero-order valence-corrected chi connectivity index (χ0v) is 12.1. The maximum absolute atomic E-state index is 7.40. The molecule has 0 aliphatic carbocycles. The molecule has 5 heteroatoms. The van der Waals surface area contributed by atoms with Gasteiger partial charge in [0.25, 0.3) is 0 Å². The van der Waals surface area contributed by atoms with E-state index in [4.69, 9.17) is 22.7 Å². The van der Waals surface area contributed by atoms with Crippen LogP contribution in [0.3, 0.4) is 0 Å². The van der Waals surface area contributed by atoms with E-state index in [9.17, 15) is 0 Å². The first-order chi connectivity index (χ1) is 9.58. The Morgan fingerprint density at radius 3 is 2.75 bits per heavy atom. The van der Waals surface area contributed by atoms with Crippen LogP contribution >= 0.6 is 11.6 Å². The number of amidine groups is 1. The Labute approximate surface area is 123 Å². The molecule has 4 nitrogen and oxygen atoms in total. The number of hydrogen-bond acceptors (Lipinski definition) is 3. The fraction of sp³-hybridized carbons (Fsp3) is 0.200. The molecule has 0 unspecified atom stereocenters. The van der Waals surface area contributed by atoms with E-state index in [0.717, 1.165) is 24.3 Å². The lowest BCUT2D eigenvalue weighted by Gasteiger charge is -2.20. The molecule has 0 amide bonds. The fourth-order valence-electron chi connectivity index (χ4n) is 1.93. The molecular formula is C15H17ClN4. The molecule has 1 aromatic heterocycles. The monoisotopic (exact) mass is 288 g/mol. The van der Waals surface area contributed by atoms with Crippen molar-refractivity contribution in [1.29, 1.82) is 5.41 Å². The Bertz CT molecular complexity index is 598. The van der Waals surface area contributed by atoms with Gasteiger partial charge in [0.05, 0.1) is 10.7 Å². The molecule has 2 rings (SSSR count). The average molecular weight is 289 g/mol. The molecule has 0 bridgehead atoms. The molecule has 104 valence electrons. The molecule has 0 atom stereocenters. The standard InChI is InChI=1S/C15H17ClN4/c1-20(9-7-12-4-2-3-8-19-12)14-6-5-11(15(17)18)10-13(14)16/h2-6,8,10H,7,9H2,1H3,(H3,17,18). The fourth-order valence-corrected chi connectivity index (χ4v) is 2.26. The highest BCUT2D eigenvalue weighted by Crippen LogP contribution is 2.26. The van der Waals surface area contributed by atoms with E-state index in [2.05, 4.69) is 9.88 Å². The molecule has 0 fully saturated rings. The Hall–Kier alpha value is -2.07. The molecule has 0 saturated carbocycles. The van der Waals surface area contributed by atoms with Crippen molar-refractivity contribution in [3.8, 4) is 0 Å². The van der Waals surface area contributed by atoms with Crippen LogP contribution in [0.1, 0.15) is 11.3 Å². The average Bonchev–Trinajstić information content (AvgIpc) is 2.45. The number of nitrogens with two attached hydrogens (primary N) is 1. The van der Waals surface area contributed by atoms with Gasteiger partial charge in [-0.3, -0.25) is 10.4 Å². The van der Waals surface area contributed by atoms with Crippen LogP contribution in [0.15, 0.2) is 42.6 Å². The maximum atomic E-state index is 7.40. The Morgan fingerprint density at radius 2 is 2.15 bits per heavy atom. The highest BCUT2D eigenvalue weighted by atomic mass is 35.5. The maximum Gasteiger partial charge on any atom is 0.122 e. The number of nitrogen functional groups attached to an aromatic ring is 1. The van der Waals surface area contributed by atoms with E-state index in [0.29, 0.717) is 10.6 Å². The van der Waals surface area contributed by atoms with E-state index < -0.39 is 0 Å².